The Morgan fingerprint density at radius 2 is 0.917 bits per heavy atom. The monoisotopic (exact) mass is 444 g/mol. The van der Waals surface area contributed by atoms with Crippen molar-refractivity contribution in [1.29, 1.82) is 0 Å². The molecular formula is C20H14Br2O2. The zero-order valence-electron chi connectivity index (χ0n) is 13.2. The summed E-state index contributed by atoms with van der Waals surface area (Å²) in [5, 5.41) is 7.00. The number of hydrogen-bond acceptors (Lipinski definition) is 2. The normalized spacial score (nSPS) is 11.3. The SMILES string of the molecule is COc1ccc2c(Br)cc3c4cc(OC)ccc4c(Br)cc3c2c1. The summed E-state index contributed by atoms with van der Waals surface area (Å²) in [7, 11) is 3.38. The van der Waals surface area contributed by atoms with E-state index in [0.717, 1.165) is 42.0 Å². The second-order valence-corrected chi connectivity index (χ2v) is 7.34. The molecule has 0 spiro atoms. The van der Waals surface area contributed by atoms with E-state index in [1.54, 1.807) is 14.2 Å². The maximum atomic E-state index is 5.42. The lowest BCUT2D eigenvalue weighted by molar-refractivity contribution is 0.415. The van der Waals surface area contributed by atoms with Crippen molar-refractivity contribution < 1.29 is 9.47 Å². The van der Waals surface area contributed by atoms with Gasteiger partial charge >= 0.3 is 0 Å². The summed E-state index contributed by atoms with van der Waals surface area (Å²) < 4.78 is 13.0. The Balaban J connectivity index is 2.24. The van der Waals surface area contributed by atoms with Gasteiger partial charge in [-0.25, -0.2) is 0 Å². The van der Waals surface area contributed by atoms with Gasteiger partial charge < -0.3 is 9.47 Å². The van der Waals surface area contributed by atoms with Gasteiger partial charge in [0.05, 0.1) is 14.2 Å². The molecule has 0 aliphatic carbocycles. The number of fused-ring (bicyclic) bond motifs is 5. The predicted octanol–water partition coefficient (Wildman–Crippen LogP) is 6.69. The average molecular weight is 446 g/mol. The van der Waals surface area contributed by atoms with Gasteiger partial charge in [-0.1, -0.05) is 31.9 Å². The number of methoxy groups -OCH3 is 2. The summed E-state index contributed by atoms with van der Waals surface area (Å²) >= 11 is 7.44. The van der Waals surface area contributed by atoms with E-state index in [-0.39, 0.29) is 0 Å². The van der Waals surface area contributed by atoms with E-state index < -0.39 is 0 Å². The molecule has 0 saturated heterocycles. The molecule has 0 amide bonds. The molecule has 0 N–H and O–H groups in total. The van der Waals surface area contributed by atoms with Crippen LogP contribution in [0.15, 0.2) is 57.5 Å². The lowest BCUT2D eigenvalue weighted by atomic mass is 9.97. The molecular weight excluding hydrogens is 432 g/mol. The minimum absolute atomic E-state index is 0.851. The van der Waals surface area contributed by atoms with Crippen molar-refractivity contribution in [3.8, 4) is 11.5 Å². The van der Waals surface area contributed by atoms with Crippen molar-refractivity contribution in [3.05, 3.63) is 57.5 Å². The van der Waals surface area contributed by atoms with Crippen molar-refractivity contribution in [2.45, 2.75) is 0 Å². The van der Waals surface area contributed by atoms with Crippen molar-refractivity contribution in [3.63, 3.8) is 0 Å². The molecule has 0 unspecified atom stereocenters. The zero-order valence-corrected chi connectivity index (χ0v) is 16.4. The van der Waals surface area contributed by atoms with Crippen LogP contribution < -0.4 is 9.47 Å². The molecule has 0 atom stereocenters. The molecule has 120 valence electrons. The van der Waals surface area contributed by atoms with E-state index in [2.05, 4.69) is 68.3 Å². The maximum absolute atomic E-state index is 5.42. The number of hydrogen-bond donors (Lipinski definition) is 0. The highest BCUT2D eigenvalue weighted by Crippen LogP contribution is 2.40. The first-order valence-corrected chi connectivity index (χ1v) is 9.07. The zero-order chi connectivity index (χ0) is 16.8. The van der Waals surface area contributed by atoms with Gasteiger partial charge in [0, 0.05) is 8.95 Å². The van der Waals surface area contributed by atoms with Gasteiger partial charge in [-0.2, -0.15) is 0 Å². The van der Waals surface area contributed by atoms with Gasteiger partial charge in [-0.05, 0) is 80.8 Å². The number of ether oxygens (including phenoxy) is 2. The van der Waals surface area contributed by atoms with E-state index in [9.17, 15) is 0 Å². The van der Waals surface area contributed by atoms with Crippen LogP contribution in [-0.2, 0) is 0 Å². The van der Waals surface area contributed by atoms with Gasteiger partial charge in [0.15, 0.2) is 0 Å². The third-order valence-electron chi connectivity index (χ3n) is 4.38. The van der Waals surface area contributed by atoms with Gasteiger partial charge in [-0.3, -0.25) is 0 Å². The van der Waals surface area contributed by atoms with Crippen molar-refractivity contribution >= 4 is 64.2 Å². The summed E-state index contributed by atoms with van der Waals surface area (Å²) in [6.07, 6.45) is 0. The highest BCUT2D eigenvalue weighted by Gasteiger charge is 2.12. The van der Waals surface area contributed by atoms with Crippen LogP contribution >= 0.6 is 31.9 Å². The lowest BCUT2D eigenvalue weighted by Gasteiger charge is -2.13. The Kier molecular flexibility index (Phi) is 3.89. The predicted molar refractivity (Wildman–Crippen MR) is 107 cm³/mol. The Hall–Kier alpha value is -1.78. The molecule has 4 aromatic carbocycles. The highest BCUT2D eigenvalue weighted by molar-refractivity contribution is 9.11. The molecule has 4 heteroatoms. The third-order valence-corrected chi connectivity index (χ3v) is 5.69. The van der Waals surface area contributed by atoms with Crippen LogP contribution in [0.5, 0.6) is 11.5 Å². The molecule has 0 fully saturated rings. The first-order valence-electron chi connectivity index (χ1n) is 7.48. The minimum atomic E-state index is 0.851. The summed E-state index contributed by atoms with van der Waals surface area (Å²) in [6.45, 7) is 0. The van der Waals surface area contributed by atoms with E-state index >= 15 is 0 Å². The first kappa shape index (κ1) is 15.7. The van der Waals surface area contributed by atoms with E-state index in [1.807, 2.05) is 12.1 Å². The van der Waals surface area contributed by atoms with Crippen LogP contribution in [0.3, 0.4) is 0 Å². The molecule has 0 radical (unpaired) electrons. The van der Waals surface area contributed by atoms with Gasteiger partial charge in [0.2, 0.25) is 0 Å². The fraction of sp³-hybridized carbons (Fsp3) is 0.100. The molecule has 0 aliphatic heterocycles. The molecule has 0 bridgehead atoms. The minimum Gasteiger partial charge on any atom is -0.497 e. The second kappa shape index (κ2) is 5.94. The quantitative estimate of drug-likeness (QED) is 0.320. The highest BCUT2D eigenvalue weighted by atomic mass is 79.9. The topological polar surface area (TPSA) is 18.5 Å². The largest absolute Gasteiger partial charge is 0.497 e. The molecule has 4 aromatic rings. The van der Waals surface area contributed by atoms with Crippen molar-refractivity contribution in [2.24, 2.45) is 0 Å². The fourth-order valence-corrected chi connectivity index (χ4v) is 4.32. The molecule has 2 nitrogen and oxygen atoms in total. The average Bonchev–Trinajstić information content (AvgIpc) is 2.62. The number of rotatable bonds is 2. The molecule has 24 heavy (non-hydrogen) atoms. The van der Waals surface area contributed by atoms with E-state index in [1.165, 1.54) is 10.8 Å². The van der Waals surface area contributed by atoms with E-state index in [4.69, 9.17) is 9.47 Å². The fourth-order valence-electron chi connectivity index (χ4n) is 3.17. The van der Waals surface area contributed by atoms with E-state index in [0.29, 0.717) is 0 Å². The van der Waals surface area contributed by atoms with Gasteiger partial charge in [-0.15, -0.1) is 0 Å². The van der Waals surface area contributed by atoms with Gasteiger partial charge in [0.25, 0.3) is 0 Å². The van der Waals surface area contributed by atoms with Crippen LogP contribution in [0.25, 0.3) is 32.3 Å². The first-order chi connectivity index (χ1) is 11.6. The lowest BCUT2D eigenvalue weighted by Crippen LogP contribution is -1.88. The standard InChI is InChI=1S/C20H14Br2O2/c1-23-11-3-5-13-15(7-11)17-9-20(22)14-6-4-12(24-2)8-16(14)18(17)10-19(13)21/h3-10H,1-2H3. The van der Waals surface area contributed by atoms with Crippen LogP contribution in [0.1, 0.15) is 0 Å². The Morgan fingerprint density at radius 3 is 1.29 bits per heavy atom. The molecule has 0 saturated carbocycles. The summed E-state index contributed by atoms with van der Waals surface area (Å²) in [5.74, 6) is 1.70. The second-order valence-electron chi connectivity index (χ2n) is 5.63. The Morgan fingerprint density at radius 1 is 0.542 bits per heavy atom. The smallest absolute Gasteiger partial charge is 0.119 e. The Labute approximate surface area is 156 Å². The maximum Gasteiger partial charge on any atom is 0.119 e. The molecule has 4 rings (SSSR count). The van der Waals surface area contributed by atoms with Crippen LogP contribution in [0.4, 0.5) is 0 Å². The molecule has 0 heterocycles. The van der Waals surface area contributed by atoms with Crippen LogP contribution in [-0.4, -0.2) is 14.2 Å². The summed E-state index contributed by atoms with van der Waals surface area (Å²) in [4.78, 5) is 0. The Bertz CT molecular complexity index is 1010. The van der Waals surface area contributed by atoms with Crippen molar-refractivity contribution in [2.75, 3.05) is 14.2 Å². The van der Waals surface area contributed by atoms with Crippen molar-refractivity contribution in [1.82, 2.24) is 0 Å². The molecule has 0 aliphatic rings. The van der Waals surface area contributed by atoms with Crippen LogP contribution in [0, 0.1) is 0 Å². The third kappa shape index (κ3) is 2.36. The summed E-state index contributed by atoms with van der Waals surface area (Å²) in [6, 6.07) is 16.7. The number of benzene rings is 4. The molecule has 0 aromatic heterocycles. The summed E-state index contributed by atoms with van der Waals surface area (Å²) in [5.41, 5.74) is 0. The van der Waals surface area contributed by atoms with Gasteiger partial charge in [0.1, 0.15) is 11.5 Å². The number of halogens is 2. The van der Waals surface area contributed by atoms with Crippen LogP contribution in [0.2, 0.25) is 0 Å².